The molecule has 36 heavy (non-hydrogen) atoms. The van der Waals surface area contributed by atoms with Gasteiger partial charge in [0.15, 0.2) is 0 Å². The smallest absolute Gasteiger partial charge is 0.325 e. The van der Waals surface area contributed by atoms with Gasteiger partial charge in [-0.2, -0.15) is 0 Å². The molecule has 0 aliphatic carbocycles. The van der Waals surface area contributed by atoms with E-state index in [-0.39, 0.29) is 36.0 Å². The predicted octanol–water partition coefficient (Wildman–Crippen LogP) is 3.24. The molecule has 3 aliphatic heterocycles. The fourth-order valence-corrected chi connectivity index (χ4v) is 5.86. The minimum atomic E-state index is -1.12. The molecule has 3 saturated heterocycles. The summed E-state index contributed by atoms with van der Waals surface area (Å²) in [6.07, 6.45) is 2.45. The summed E-state index contributed by atoms with van der Waals surface area (Å²) in [5.74, 6) is -0.663. The first-order chi connectivity index (χ1) is 17.4. The number of ether oxygens (including phenoxy) is 1. The van der Waals surface area contributed by atoms with Crippen molar-refractivity contribution in [1.82, 2.24) is 15.1 Å². The van der Waals surface area contributed by atoms with Crippen molar-refractivity contribution in [3.63, 3.8) is 0 Å². The zero-order valence-corrected chi connectivity index (χ0v) is 20.5. The summed E-state index contributed by atoms with van der Waals surface area (Å²) in [5, 5.41) is 3.05. The van der Waals surface area contributed by atoms with Crippen LogP contribution in [-0.2, 0) is 27.2 Å². The molecule has 0 unspecified atom stereocenters. The standard InChI is InChI=1S/C28H32FN3O4/c1-19-3-2-4-21(15-19)16-25(33)31-12-9-22(10-13-31)28(17-20-5-7-23(29)8-6-20)26(34)32(27(35)30-28)24-11-14-36-18-24/h2-8,15,22,24H,9-14,16-18H2,1H3,(H,30,35)/t24-,28-/m1/s1. The fourth-order valence-electron chi connectivity index (χ4n) is 5.86. The molecule has 0 radical (unpaired) electrons. The van der Waals surface area contributed by atoms with Crippen LogP contribution >= 0.6 is 0 Å². The lowest BCUT2D eigenvalue weighted by Crippen LogP contribution is -2.58. The van der Waals surface area contributed by atoms with Crippen LogP contribution in [0.4, 0.5) is 9.18 Å². The van der Waals surface area contributed by atoms with Gasteiger partial charge in [-0.3, -0.25) is 14.5 Å². The van der Waals surface area contributed by atoms with Gasteiger partial charge in [0.1, 0.15) is 11.4 Å². The Morgan fingerprint density at radius 1 is 1.08 bits per heavy atom. The zero-order valence-electron chi connectivity index (χ0n) is 20.5. The van der Waals surface area contributed by atoms with E-state index < -0.39 is 11.6 Å². The maximum atomic E-state index is 13.9. The maximum Gasteiger partial charge on any atom is 0.325 e. The van der Waals surface area contributed by atoms with Gasteiger partial charge in [-0.15, -0.1) is 0 Å². The first kappa shape index (κ1) is 24.4. The lowest BCUT2D eigenvalue weighted by atomic mass is 9.73. The monoisotopic (exact) mass is 493 g/mol. The van der Waals surface area contributed by atoms with E-state index in [0.29, 0.717) is 52.0 Å². The number of imide groups is 1. The number of halogens is 1. The highest BCUT2D eigenvalue weighted by molar-refractivity contribution is 6.07. The molecule has 3 heterocycles. The molecule has 3 fully saturated rings. The Morgan fingerprint density at radius 3 is 2.50 bits per heavy atom. The number of benzene rings is 2. The highest BCUT2D eigenvalue weighted by atomic mass is 19.1. The van der Waals surface area contributed by atoms with Crippen LogP contribution in [0.3, 0.4) is 0 Å². The number of carbonyl (C=O) groups is 3. The first-order valence-corrected chi connectivity index (χ1v) is 12.7. The van der Waals surface area contributed by atoms with Crippen molar-refractivity contribution in [2.45, 2.75) is 50.6 Å². The molecule has 8 heteroatoms. The minimum absolute atomic E-state index is 0.0677. The maximum absolute atomic E-state index is 13.9. The number of likely N-dealkylation sites (tertiary alicyclic amines) is 1. The van der Waals surface area contributed by atoms with E-state index in [4.69, 9.17) is 4.74 Å². The second-order valence-electron chi connectivity index (χ2n) is 10.2. The van der Waals surface area contributed by atoms with Gasteiger partial charge in [0.2, 0.25) is 5.91 Å². The second-order valence-corrected chi connectivity index (χ2v) is 10.2. The van der Waals surface area contributed by atoms with Crippen molar-refractivity contribution in [3.05, 3.63) is 71.0 Å². The van der Waals surface area contributed by atoms with Crippen LogP contribution in [0.25, 0.3) is 0 Å². The number of rotatable bonds is 6. The van der Waals surface area contributed by atoms with E-state index in [9.17, 15) is 18.8 Å². The third kappa shape index (κ3) is 4.74. The molecule has 5 rings (SSSR count). The van der Waals surface area contributed by atoms with Crippen LogP contribution in [0, 0.1) is 18.7 Å². The Morgan fingerprint density at radius 2 is 1.83 bits per heavy atom. The quantitative estimate of drug-likeness (QED) is 0.627. The number of hydrogen-bond acceptors (Lipinski definition) is 4. The number of nitrogens with zero attached hydrogens (tertiary/aromatic N) is 2. The van der Waals surface area contributed by atoms with Gasteiger partial charge in [-0.05, 0) is 55.4 Å². The molecular weight excluding hydrogens is 461 g/mol. The Hall–Kier alpha value is -3.26. The van der Waals surface area contributed by atoms with Crippen LogP contribution < -0.4 is 5.32 Å². The molecular formula is C28H32FN3O4. The van der Waals surface area contributed by atoms with Crippen molar-refractivity contribution in [2.75, 3.05) is 26.3 Å². The van der Waals surface area contributed by atoms with Gasteiger partial charge in [0.25, 0.3) is 5.91 Å². The molecule has 7 nitrogen and oxygen atoms in total. The molecule has 190 valence electrons. The van der Waals surface area contributed by atoms with Crippen molar-refractivity contribution >= 4 is 17.8 Å². The van der Waals surface area contributed by atoms with E-state index >= 15 is 0 Å². The van der Waals surface area contributed by atoms with Gasteiger partial charge < -0.3 is 15.0 Å². The van der Waals surface area contributed by atoms with Crippen molar-refractivity contribution in [2.24, 2.45) is 5.92 Å². The van der Waals surface area contributed by atoms with Crippen LogP contribution in [0.1, 0.15) is 36.0 Å². The highest BCUT2D eigenvalue weighted by Gasteiger charge is 2.57. The number of carbonyl (C=O) groups excluding carboxylic acids is 3. The van der Waals surface area contributed by atoms with Gasteiger partial charge in [0, 0.05) is 26.1 Å². The summed E-state index contributed by atoms with van der Waals surface area (Å²) in [7, 11) is 0. The lowest BCUT2D eigenvalue weighted by Gasteiger charge is -2.41. The number of nitrogens with one attached hydrogen (secondary N) is 1. The molecule has 2 aromatic carbocycles. The summed E-state index contributed by atoms with van der Waals surface area (Å²) in [4.78, 5) is 43.2. The van der Waals surface area contributed by atoms with Crippen LogP contribution in [0.5, 0.6) is 0 Å². The molecule has 4 amide bonds. The Labute approximate surface area is 210 Å². The molecule has 0 aromatic heterocycles. The van der Waals surface area contributed by atoms with Crippen LogP contribution in [-0.4, -0.2) is 65.5 Å². The number of aryl methyl sites for hydroxylation is 1. The van der Waals surface area contributed by atoms with Crippen molar-refractivity contribution in [1.29, 1.82) is 0 Å². The second kappa shape index (κ2) is 10.0. The average Bonchev–Trinajstić information content (AvgIpc) is 3.47. The highest BCUT2D eigenvalue weighted by Crippen LogP contribution is 2.38. The first-order valence-electron chi connectivity index (χ1n) is 12.7. The molecule has 0 bridgehead atoms. The number of urea groups is 1. The van der Waals surface area contributed by atoms with Gasteiger partial charge in [-0.1, -0.05) is 42.0 Å². The normalized spacial score (nSPS) is 24.9. The third-order valence-corrected chi connectivity index (χ3v) is 7.80. The number of hydrogen-bond donors (Lipinski definition) is 1. The summed E-state index contributed by atoms with van der Waals surface area (Å²) in [5.41, 5.74) is 1.77. The fraction of sp³-hybridized carbons (Fsp3) is 0.464. The lowest BCUT2D eigenvalue weighted by molar-refractivity contribution is -0.137. The van der Waals surface area contributed by atoms with E-state index in [0.717, 1.165) is 16.7 Å². The number of piperidine rings is 1. The van der Waals surface area contributed by atoms with Crippen LogP contribution in [0.2, 0.25) is 0 Å². The van der Waals surface area contributed by atoms with E-state index in [1.54, 1.807) is 12.1 Å². The number of amides is 4. The van der Waals surface area contributed by atoms with Crippen molar-refractivity contribution < 1.29 is 23.5 Å². The minimum Gasteiger partial charge on any atom is -0.379 e. The van der Waals surface area contributed by atoms with Gasteiger partial charge in [-0.25, -0.2) is 9.18 Å². The Kier molecular flexibility index (Phi) is 6.79. The molecule has 1 N–H and O–H groups in total. The molecule has 0 saturated carbocycles. The largest absolute Gasteiger partial charge is 0.379 e. The summed E-state index contributed by atoms with van der Waals surface area (Å²) < 4.78 is 19.0. The Bertz CT molecular complexity index is 1140. The molecule has 0 spiro atoms. The zero-order chi connectivity index (χ0) is 25.3. The van der Waals surface area contributed by atoms with Gasteiger partial charge in [0.05, 0.1) is 19.1 Å². The summed E-state index contributed by atoms with van der Waals surface area (Å²) in [6.45, 7) is 3.92. The molecule has 2 aromatic rings. The van der Waals surface area contributed by atoms with Crippen LogP contribution in [0.15, 0.2) is 48.5 Å². The van der Waals surface area contributed by atoms with E-state index in [1.807, 2.05) is 36.1 Å². The van der Waals surface area contributed by atoms with E-state index in [2.05, 4.69) is 5.32 Å². The summed E-state index contributed by atoms with van der Waals surface area (Å²) in [6, 6.07) is 13.4. The SMILES string of the molecule is Cc1cccc(CC(=O)N2CCC([C@@]3(Cc4ccc(F)cc4)NC(=O)N([C@@H]4CCOC4)C3=O)CC2)c1. The van der Waals surface area contributed by atoms with E-state index in [1.165, 1.54) is 17.0 Å². The molecule has 2 atom stereocenters. The van der Waals surface area contributed by atoms with Crippen molar-refractivity contribution in [3.8, 4) is 0 Å². The van der Waals surface area contributed by atoms with Gasteiger partial charge >= 0.3 is 6.03 Å². The summed E-state index contributed by atoms with van der Waals surface area (Å²) >= 11 is 0. The average molecular weight is 494 g/mol. The topological polar surface area (TPSA) is 79.0 Å². The predicted molar refractivity (Wildman–Crippen MR) is 132 cm³/mol. The molecule has 3 aliphatic rings. The Balaban J connectivity index is 1.34. The third-order valence-electron chi connectivity index (χ3n) is 7.80.